The van der Waals surface area contributed by atoms with Gasteiger partial charge in [-0.25, -0.2) is 4.79 Å². The van der Waals surface area contributed by atoms with Crippen molar-refractivity contribution in [3.05, 3.63) is 34.9 Å². The zero-order valence-corrected chi connectivity index (χ0v) is 24.4. The quantitative estimate of drug-likeness (QED) is 0.406. The van der Waals surface area contributed by atoms with E-state index in [0.29, 0.717) is 32.7 Å². The molecule has 5 nitrogen and oxygen atoms in total. The predicted octanol–water partition coefficient (Wildman–Crippen LogP) is 6.24. The molecule has 5 heteroatoms. The lowest BCUT2D eigenvalue weighted by molar-refractivity contribution is -0.183. The van der Waals surface area contributed by atoms with Gasteiger partial charge in [0.05, 0.1) is 18.6 Å². The molecular formula is C32H46O5. The van der Waals surface area contributed by atoms with Gasteiger partial charge in [-0.05, 0) is 73.0 Å². The Labute approximate surface area is 223 Å². The molecule has 4 aliphatic rings. The van der Waals surface area contributed by atoms with E-state index in [2.05, 4.69) is 52.8 Å². The summed E-state index contributed by atoms with van der Waals surface area (Å²) in [5.41, 5.74) is 1.97. The lowest BCUT2D eigenvalue weighted by Gasteiger charge is -2.42. The van der Waals surface area contributed by atoms with Crippen LogP contribution in [-0.4, -0.2) is 37.4 Å². The van der Waals surface area contributed by atoms with Crippen LogP contribution in [0.5, 0.6) is 0 Å². The first-order valence-electron chi connectivity index (χ1n) is 14.2. The lowest BCUT2D eigenvalue weighted by atomic mass is 9.62. The van der Waals surface area contributed by atoms with Gasteiger partial charge in [0.25, 0.3) is 0 Å². The second kappa shape index (κ2) is 8.07. The fourth-order valence-electron chi connectivity index (χ4n) is 7.86. The summed E-state index contributed by atoms with van der Waals surface area (Å²) in [6.07, 6.45) is 3.55. The summed E-state index contributed by atoms with van der Waals surface area (Å²) in [6.45, 7) is 21.2. The van der Waals surface area contributed by atoms with Crippen molar-refractivity contribution in [2.24, 2.45) is 22.7 Å². The highest BCUT2D eigenvalue weighted by atomic mass is 16.6. The maximum atomic E-state index is 13.5. The van der Waals surface area contributed by atoms with E-state index in [1.165, 1.54) is 29.5 Å². The molecule has 37 heavy (non-hydrogen) atoms. The van der Waals surface area contributed by atoms with Crippen LogP contribution in [0.1, 0.15) is 105 Å². The molecule has 0 radical (unpaired) electrons. The normalized spacial score (nSPS) is 38.1. The summed E-state index contributed by atoms with van der Waals surface area (Å²) >= 11 is 0. The molecule has 204 valence electrons. The van der Waals surface area contributed by atoms with Crippen LogP contribution in [0.4, 0.5) is 0 Å². The fraction of sp³-hybridized carbons (Fsp3) is 0.750. The minimum Gasteiger partial charge on any atom is -0.462 e. The Morgan fingerprint density at radius 3 is 2.08 bits per heavy atom. The molecule has 0 amide bonds. The Morgan fingerprint density at radius 1 is 0.892 bits per heavy atom. The first kappa shape index (κ1) is 26.7. The third-order valence-corrected chi connectivity index (χ3v) is 11.7. The van der Waals surface area contributed by atoms with E-state index in [9.17, 15) is 9.59 Å². The van der Waals surface area contributed by atoms with E-state index in [0.717, 1.165) is 0 Å². The molecule has 5 atom stereocenters. The Hall–Kier alpha value is -1.88. The van der Waals surface area contributed by atoms with E-state index in [1.807, 2.05) is 27.7 Å². The van der Waals surface area contributed by atoms with Crippen LogP contribution < -0.4 is 0 Å². The molecule has 1 aromatic rings. The van der Waals surface area contributed by atoms with Crippen LogP contribution in [0.2, 0.25) is 0 Å². The molecule has 1 aliphatic heterocycles. The number of carbonyl (C=O) groups excluding carboxylic acids is 2. The summed E-state index contributed by atoms with van der Waals surface area (Å²) in [5.74, 6) is -0.232. The summed E-state index contributed by atoms with van der Waals surface area (Å²) in [6, 6.07) is 7.07. The molecule has 3 aliphatic carbocycles. The molecule has 0 spiro atoms. The van der Waals surface area contributed by atoms with E-state index in [1.54, 1.807) is 0 Å². The van der Waals surface area contributed by atoms with Crippen molar-refractivity contribution in [2.75, 3.05) is 19.8 Å². The second-order valence-electron chi connectivity index (χ2n) is 14.5. The first-order chi connectivity index (χ1) is 17.1. The van der Waals surface area contributed by atoms with Crippen LogP contribution in [0.25, 0.3) is 0 Å². The number of esters is 2. The molecule has 1 aromatic carbocycles. The fourth-order valence-corrected chi connectivity index (χ4v) is 7.86. The highest BCUT2D eigenvalue weighted by Crippen LogP contribution is 2.66. The van der Waals surface area contributed by atoms with Gasteiger partial charge in [-0.3, -0.25) is 4.79 Å². The standard InChI is InChI=1S/C32H46O5/c1-10-35-18-23-24(19-36-26(34)32-16-15-30(8,25(33)37-32)29(32,6)7)31(23,9)20-11-12-21-22(17-20)28(4,5)14-13-27(21,2)3/h11-12,17,23-24H,10,13-16,18-19H2,1-9H3/t23-,24-,30?,31+,32?/m0/s1. The molecule has 3 fully saturated rings. The van der Waals surface area contributed by atoms with Crippen LogP contribution in [0, 0.1) is 22.7 Å². The Bertz CT molecular complexity index is 1130. The third-order valence-electron chi connectivity index (χ3n) is 11.7. The summed E-state index contributed by atoms with van der Waals surface area (Å²) in [4.78, 5) is 26.2. The van der Waals surface area contributed by atoms with Crippen molar-refractivity contribution in [3.63, 3.8) is 0 Å². The highest BCUT2D eigenvalue weighted by Gasteiger charge is 2.76. The number of carbonyl (C=O) groups is 2. The maximum absolute atomic E-state index is 13.5. The topological polar surface area (TPSA) is 61.8 Å². The molecular weight excluding hydrogens is 464 g/mol. The molecule has 0 N–H and O–H groups in total. The monoisotopic (exact) mass is 510 g/mol. The van der Waals surface area contributed by atoms with Crippen molar-refractivity contribution in [1.82, 2.24) is 0 Å². The van der Waals surface area contributed by atoms with Crippen molar-refractivity contribution >= 4 is 11.9 Å². The number of hydrogen-bond donors (Lipinski definition) is 0. The number of fused-ring (bicyclic) bond motifs is 3. The minimum absolute atomic E-state index is 0.133. The summed E-state index contributed by atoms with van der Waals surface area (Å²) in [7, 11) is 0. The average Bonchev–Trinajstić information content (AvgIpc) is 3.31. The number of rotatable bonds is 7. The first-order valence-corrected chi connectivity index (χ1v) is 14.2. The minimum atomic E-state index is -1.18. The summed E-state index contributed by atoms with van der Waals surface area (Å²) in [5, 5.41) is 0. The zero-order chi connectivity index (χ0) is 27.2. The average molecular weight is 511 g/mol. The van der Waals surface area contributed by atoms with Crippen molar-refractivity contribution < 1.29 is 23.8 Å². The van der Waals surface area contributed by atoms with Gasteiger partial charge < -0.3 is 14.2 Å². The van der Waals surface area contributed by atoms with E-state index < -0.39 is 16.4 Å². The molecule has 2 saturated carbocycles. The number of benzene rings is 1. The van der Waals surface area contributed by atoms with Gasteiger partial charge in [0.15, 0.2) is 0 Å². The molecule has 1 saturated heterocycles. The number of ether oxygens (including phenoxy) is 3. The van der Waals surface area contributed by atoms with Crippen molar-refractivity contribution in [2.45, 2.75) is 110 Å². The zero-order valence-electron chi connectivity index (χ0n) is 24.4. The Morgan fingerprint density at radius 2 is 1.51 bits per heavy atom. The predicted molar refractivity (Wildman–Crippen MR) is 143 cm³/mol. The van der Waals surface area contributed by atoms with Gasteiger partial charge in [0.1, 0.15) is 0 Å². The summed E-state index contributed by atoms with van der Waals surface area (Å²) < 4.78 is 17.7. The molecule has 0 aromatic heterocycles. The van der Waals surface area contributed by atoms with Crippen molar-refractivity contribution in [1.29, 1.82) is 0 Å². The molecule has 2 bridgehead atoms. The van der Waals surface area contributed by atoms with Gasteiger partial charge in [-0.2, -0.15) is 0 Å². The highest BCUT2D eigenvalue weighted by molar-refractivity contribution is 5.93. The van der Waals surface area contributed by atoms with E-state index in [4.69, 9.17) is 14.2 Å². The molecule has 2 unspecified atom stereocenters. The van der Waals surface area contributed by atoms with E-state index >= 15 is 0 Å². The van der Waals surface area contributed by atoms with Gasteiger partial charge in [-0.1, -0.05) is 66.7 Å². The third kappa shape index (κ3) is 3.44. The lowest BCUT2D eigenvalue weighted by Crippen LogP contribution is -2.49. The SMILES string of the molecule is CCOC[C@H]1[C@H](COC(=O)C23CCC(C)(C(=O)O2)C3(C)C)[C@]1(C)c1ccc2c(c1)C(C)(C)CCC2(C)C. The van der Waals surface area contributed by atoms with Crippen LogP contribution in [0.3, 0.4) is 0 Å². The van der Waals surface area contributed by atoms with Crippen LogP contribution in [0.15, 0.2) is 18.2 Å². The van der Waals surface area contributed by atoms with Gasteiger partial charge >= 0.3 is 11.9 Å². The largest absolute Gasteiger partial charge is 0.462 e. The Kier molecular flexibility index (Phi) is 5.82. The maximum Gasteiger partial charge on any atom is 0.351 e. The van der Waals surface area contributed by atoms with Gasteiger partial charge in [0.2, 0.25) is 5.60 Å². The van der Waals surface area contributed by atoms with Gasteiger partial charge in [-0.15, -0.1) is 0 Å². The second-order valence-corrected chi connectivity index (χ2v) is 14.5. The van der Waals surface area contributed by atoms with Crippen LogP contribution in [-0.2, 0) is 40.0 Å². The molecule has 1 heterocycles. The number of hydrogen-bond acceptors (Lipinski definition) is 5. The smallest absolute Gasteiger partial charge is 0.351 e. The van der Waals surface area contributed by atoms with E-state index in [-0.39, 0.29) is 40.0 Å². The van der Waals surface area contributed by atoms with Crippen LogP contribution >= 0.6 is 0 Å². The molecule has 5 rings (SSSR count). The van der Waals surface area contributed by atoms with Gasteiger partial charge in [0, 0.05) is 23.4 Å². The van der Waals surface area contributed by atoms with Crippen molar-refractivity contribution in [3.8, 4) is 0 Å². The Balaban J connectivity index is 1.40.